The number of hydrogen-bond acceptors (Lipinski definition) is 4. The number of amides is 1. The molecule has 3 N–H and O–H groups in total. The third kappa shape index (κ3) is 5.93. The van der Waals surface area contributed by atoms with Gasteiger partial charge in [0, 0.05) is 38.1 Å². The van der Waals surface area contributed by atoms with Crippen LogP contribution < -0.4 is 11.1 Å². The topological polar surface area (TPSA) is 67.6 Å². The average molecular weight is 297 g/mol. The molecule has 2 rings (SSSR count). The Morgan fingerprint density at radius 1 is 1.33 bits per heavy atom. The van der Waals surface area contributed by atoms with Crippen LogP contribution in [0.4, 0.5) is 0 Å². The number of nitrogens with one attached hydrogen (secondary N) is 1. The van der Waals surface area contributed by atoms with Crippen molar-refractivity contribution in [2.75, 3.05) is 32.8 Å². The van der Waals surface area contributed by atoms with Crippen molar-refractivity contribution in [2.24, 2.45) is 17.6 Å². The highest BCUT2D eigenvalue weighted by atomic mass is 16.5. The number of carbonyl (C=O) groups excluding carboxylic acids is 1. The lowest BCUT2D eigenvalue weighted by Gasteiger charge is -2.35. The lowest BCUT2D eigenvalue weighted by atomic mass is 10.0. The van der Waals surface area contributed by atoms with Crippen LogP contribution in [0.25, 0.3) is 0 Å². The Labute approximate surface area is 128 Å². The van der Waals surface area contributed by atoms with Crippen LogP contribution in [0, 0.1) is 11.8 Å². The molecular formula is C16H31N3O2. The first kappa shape index (κ1) is 16.7. The Morgan fingerprint density at radius 2 is 2.00 bits per heavy atom. The predicted molar refractivity (Wildman–Crippen MR) is 84.0 cm³/mol. The van der Waals surface area contributed by atoms with Gasteiger partial charge in [-0.2, -0.15) is 0 Å². The van der Waals surface area contributed by atoms with E-state index in [1.54, 1.807) is 0 Å². The van der Waals surface area contributed by atoms with Crippen LogP contribution in [0.3, 0.4) is 0 Å². The first-order chi connectivity index (χ1) is 10.1. The molecule has 0 bridgehead atoms. The van der Waals surface area contributed by atoms with Crippen molar-refractivity contribution < 1.29 is 9.53 Å². The van der Waals surface area contributed by atoms with Gasteiger partial charge in [0.1, 0.15) is 0 Å². The van der Waals surface area contributed by atoms with Crippen LogP contribution in [0.1, 0.15) is 39.5 Å². The molecule has 5 nitrogen and oxygen atoms in total. The Bertz CT molecular complexity index is 325. The van der Waals surface area contributed by atoms with E-state index in [0.717, 1.165) is 39.3 Å². The van der Waals surface area contributed by atoms with E-state index in [0.29, 0.717) is 24.3 Å². The van der Waals surface area contributed by atoms with Crippen molar-refractivity contribution in [3.8, 4) is 0 Å². The fourth-order valence-corrected chi connectivity index (χ4v) is 3.06. The van der Waals surface area contributed by atoms with Gasteiger partial charge in [-0.15, -0.1) is 0 Å². The molecule has 2 aliphatic rings. The van der Waals surface area contributed by atoms with Gasteiger partial charge in [0.2, 0.25) is 5.91 Å². The molecular weight excluding hydrogens is 266 g/mol. The summed E-state index contributed by atoms with van der Waals surface area (Å²) in [5, 5.41) is 3.10. The van der Waals surface area contributed by atoms with E-state index >= 15 is 0 Å². The third-order valence-corrected chi connectivity index (χ3v) is 4.49. The molecule has 1 aliphatic carbocycles. The highest BCUT2D eigenvalue weighted by Gasteiger charge is 2.30. The normalized spacial score (nSPS) is 23.0. The second-order valence-electron chi connectivity index (χ2n) is 6.94. The molecule has 0 aromatic heterocycles. The minimum absolute atomic E-state index is 0.0527. The van der Waals surface area contributed by atoms with E-state index < -0.39 is 0 Å². The molecule has 0 aromatic rings. The second kappa shape index (κ2) is 8.11. The summed E-state index contributed by atoms with van der Waals surface area (Å²) >= 11 is 0. The zero-order valence-corrected chi connectivity index (χ0v) is 13.5. The molecule has 122 valence electrons. The van der Waals surface area contributed by atoms with Crippen LogP contribution in [-0.4, -0.2) is 55.7 Å². The van der Waals surface area contributed by atoms with Crippen molar-refractivity contribution in [3.05, 3.63) is 0 Å². The summed E-state index contributed by atoms with van der Waals surface area (Å²) in [6.07, 6.45) is 3.97. The summed E-state index contributed by atoms with van der Waals surface area (Å²) < 4.78 is 5.42. The fourth-order valence-electron chi connectivity index (χ4n) is 3.06. The molecule has 1 amide bonds. The third-order valence-electron chi connectivity index (χ3n) is 4.49. The Hall–Kier alpha value is -0.650. The minimum atomic E-state index is 0.0527. The molecule has 0 aromatic carbocycles. The molecule has 0 radical (unpaired) electrons. The SMILES string of the molecule is CC(C)CC(CNC(=O)CC(N)C1CC1)N1CCOCC1. The fraction of sp³-hybridized carbons (Fsp3) is 0.938. The van der Waals surface area contributed by atoms with E-state index in [2.05, 4.69) is 24.1 Å². The van der Waals surface area contributed by atoms with Gasteiger partial charge >= 0.3 is 0 Å². The molecule has 1 saturated carbocycles. The van der Waals surface area contributed by atoms with E-state index in [1.165, 1.54) is 12.8 Å². The molecule has 5 heteroatoms. The van der Waals surface area contributed by atoms with E-state index in [1.807, 2.05) is 0 Å². The maximum Gasteiger partial charge on any atom is 0.221 e. The van der Waals surface area contributed by atoms with Crippen molar-refractivity contribution in [1.29, 1.82) is 0 Å². The van der Waals surface area contributed by atoms with Gasteiger partial charge in [-0.05, 0) is 31.1 Å². The summed E-state index contributed by atoms with van der Waals surface area (Å²) in [4.78, 5) is 14.5. The smallest absolute Gasteiger partial charge is 0.221 e. The highest BCUT2D eigenvalue weighted by Crippen LogP contribution is 2.32. The Kier molecular flexibility index (Phi) is 6.45. The first-order valence-corrected chi connectivity index (χ1v) is 8.40. The monoisotopic (exact) mass is 297 g/mol. The maximum absolute atomic E-state index is 12.0. The lowest BCUT2D eigenvalue weighted by Crippen LogP contribution is -2.49. The van der Waals surface area contributed by atoms with E-state index in [4.69, 9.17) is 10.5 Å². The van der Waals surface area contributed by atoms with Crippen LogP contribution in [-0.2, 0) is 9.53 Å². The largest absolute Gasteiger partial charge is 0.379 e. The molecule has 0 spiro atoms. The van der Waals surface area contributed by atoms with Crippen LogP contribution in [0.5, 0.6) is 0 Å². The van der Waals surface area contributed by atoms with Crippen molar-refractivity contribution in [3.63, 3.8) is 0 Å². The molecule has 1 aliphatic heterocycles. The lowest BCUT2D eigenvalue weighted by molar-refractivity contribution is -0.121. The van der Waals surface area contributed by atoms with E-state index in [9.17, 15) is 4.79 Å². The first-order valence-electron chi connectivity index (χ1n) is 8.40. The Balaban J connectivity index is 1.75. The summed E-state index contributed by atoms with van der Waals surface area (Å²) in [7, 11) is 0. The average Bonchev–Trinajstić information content (AvgIpc) is 3.28. The van der Waals surface area contributed by atoms with Crippen molar-refractivity contribution in [1.82, 2.24) is 10.2 Å². The Morgan fingerprint density at radius 3 is 2.57 bits per heavy atom. The molecule has 2 atom stereocenters. The molecule has 2 fully saturated rings. The zero-order valence-electron chi connectivity index (χ0n) is 13.5. The van der Waals surface area contributed by atoms with Crippen LogP contribution >= 0.6 is 0 Å². The van der Waals surface area contributed by atoms with Gasteiger partial charge in [-0.25, -0.2) is 0 Å². The maximum atomic E-state index is 12.0. The number of carbonyl (C=O) groups is 1. The summed E-state index contributed by atoms with van der Waals surface area (Å²) in [6.45, 7) is 8.73. The summed E-state index contributed by atoms with van der Waals surface area (Å²) in [5.74, 6) is 1.32. The zero-order chi connectivity index (χ0) is 15.2. The van der Waals surface area contributed by atoms with Gasteiger partial charge in [0.05, 0.1) is 13.2 Å². The van der Waals surface area contributed by atoms with Crippen LogP contribution in [0.15, 0.2) is 0 Å². The van der Waals surface area contributed by atoms with E-state index in [-0.39, 0.29) is 11.9 Å². The van der Waals surface area contributed by atoms with Gasteiger partial charge < -0.3 is 15.8 Å². The number of ether oxygens (including phenoxy) is 1. The van der Waals surface area contributed by atoms with Crippen molar-refractivity contribution in [2.45, 2.75) is 51.6 Å². The van der Waals surface area contributed by atoms with Crippen molar-refractivity contribution >= 4 is 5.91 Å². The molecule has 2 unspecified atom stereocenters. The number of hydrogen-bond donors (Lipinski definition) is 2. The molecule has 1 saturated heterocycles. The van der Waals surface area contributed by atoms with Gasteiger partial charge in [-0.1, -0.05) is 13.8 Å². The predicted octanol–water partition coefficient (Wildman–Crippen LogP) is 0.977. The van der Waals surface area contributed by atoms with Gasteiger partial charge in [0.15, 0.2) is 0 Å². The second-order valence-corrected chi connectivity index (χ2v) is 6.94. The molecule has 21 heavy (non-hydrogen) atoms. The highest BCUT2D eigenvalue weighted by molar-refractivity contribution is 5.76. The number of morpholine rings is 1. The minimum Gasteiger partial charge on any atom is -0.379 e. The van der Waals surface area contributed by atoms with Gasteiger partial charge in [-0.3, -0.25) is 9.69 Å². The molecule has 1 heterocycles. The quantitative estimate of drug-likeness (QED) is 0.701. The number of nitrogens with two attached hydrogens (primary N) is 1. The van der Waals surface area contributed by atoms with Gasteiger partial charge in [0.25, 0.3) is 0 Å². The summed E-state index contributed by atoms with van der Waals surface area (Å²) in [5.41, 5.74) is 6.02. The standard InChI is InChI=1S/C16H31N3O2/c1-12(2)9-14(19-5-7-21-8-6-19)11-18-16(20)10-15(17)13-3-4-13/h12-15H,3-11,17H2,1-2H3,(H,18,20). The summed E-state index contributed by atoms with van der Waals surface area (Å²) in [6, 6.07) is 0.465. The van der Waals surface area contributed by atoms with Crippen LogP contribution in [0.2, 0.25) is 0 Å². The number of rotatable bonds is 8. The number of nitrogens with zero attached hydrogens (tertiary/aromatic N) is 1.